The lowest BCUT2D eigenvalue weighted by Gasteiger charge is -2.36. The molecule has 5 rings (SSSR count). The third-order valence-corrected chi connectivity index (χ3v) is 6.19. The molecule has 6 nitrogen and oxygen atoms in total. The van der Waals surface area contributed by atoms with Crippen LogP contribution in [0.25, 0.3) is 10.9 Å². The molecule has 1 aromatic heterocycles. The Kier molecular flexibility index (Phi) is 5.32. The van der Waals surface area contributed by atoms with E-state index in [1.54, 1.807) is 0 Å². The van der Waals surface area contributed by atoms with Crippen LogP contribution in [-0.4, -0.2) is 61.7 Å². The summed E-state index contributed by atoms with van der Waals surface area (Å²) < 4.78 is 5.53. The summed E-state index contributed by atoms with van der Waals surface area (Å²) in [5.74, 6) is 0.868. The zero-order chi connectivity index (χ0) is 20.3. The first-order valence-corrected chi connectivity index (χ1v) is 10.8. The minimum absolute atomic E-state index is 0.0571. The second kappa shape index (κ2) is 8.40. The Balaban J connectivity index is 1.08. The van der Waals surface area contributed by atoms with E-state index in [9.17, 15) is 4.79 Å². The second-order valence-electron chi connectivity index (χ2n) is 8.09. The Morgan fingerprint density at radius 1 is 0.933 bits per heavy atom. The van der Waals surface area contributed by atoms with Gasteiger partial charge in [0.05, 0.1) is 5.69 Å². The van der Waals surface area contributed by atoms with E-state index in [-0.39, 0.29) is 12.5 Å². The predicted octanol–water partition coefficient (Wildman–Crippen LogP) is 3.50. The van der Waals surface area contributed by atoms with Crippen LogP contribution >= 0.6 is 0 Å². The van der Waals surface area contributed by atoms with E-state index in [1.165, 1.54) is 16.6 Å². The van der Waals surface area contributed by atoms with Gasteiger partial charge in [-0.05, 0) is 55.8 Å². The quantitative estimate of drug-likeness (QED) is 0.639. The van der Waals surface area contributed by atoms with Crippen LogP contribution in [0.3, 0.4) is 0 Å². The molecule has 1 fully saturated rings. The van der Waals surface area contributed by atoms with Crippen molar-refractivity contribution in [1.29, 1.82) is 0 Å². The summed E-state index contributed by atoms with van der Waals surface area (Å²) in [7, 11) is 0. The van der Waals surface area contributed by atoms with Crippen molar-refractivity contribution in [2.45, 2.75) is 12.8 Å². The lowest BCUT2D eigenvalue weighted by molar-refractivity contribution is -0.121. The topological polar surface area (TPSA) is 51.8 Å². The maximum absolute atomic E-state index is 12.3. The highest BCUT2D eigenvalue weighted by Gasteiger charge is 2.24. The molecule has 0 aliphatic carbocycles. The van der Waals surface area contributed by atoms with Crippen LogP contribution < -0.4 is 14.5 Å². The summed E-state index contributed by atoms with van der Waals surface area (Å²) in [6.07, 6.45) is 4.10. The zero-order valence-electron chi connectivity index (χ0n) is 17.2. The molecule has 0 saturated carbocycles. The first-order chi connectivity index (χ1) is 14.8. The molecule has 0 radical (unpaired) electrons. The molecule has 2 aliphatic rings. The van der Waals surface area contributed by atoms with Crippen molar-refractivity contribution < 1.29 is 9.53 Å². The van der Waals surface area contributed by atoms with Crippen LogP contribution in [0, 0.1) is 0 Å². The minimum Gasteiger partial charge on any atom is -0.482 e. The normalized spacial score (nSPS) is 17.3. The third kappa shape index (κ3) is 3.87. The van der Waals surface area contributed by atoms with E-state index in [2.05, 4.69) is 39.0 Å². The van der Waals surface area contributed by atoms with E-state index in [0.29, 0.717) is 0 Å². The molecule has 3 heterocycles. The summed E-state index contributed by atoms with van der Waals surface area (Å²) in [4.78, 5) is 22.4. The number of nitrogens with zero attached hydrogens (tertiary/aromatic N) is 3. The van der Waals surface area contributed by atoms with Gasteiger partial charge in [0.25, 0.3) is 5.91 Å². The highest BCUT2D eigenvalue weighted by atomic mass is 16.5. The number of para-hydroxylation sites is 2. The number of unbranched alkanes of at least 4 members (excludes halogenated alkanes) is 1. The zero-order valence-corrected chi connectivity index (χ0v) is 17.2. The molecule has 0 bridgehead atoms. The molecule has 1 saturated heterocycles. The average molecular weight is 405 g/mol. The van der Waals surface area contributed by atoms with E-state index in [4.69, 9.17) is 4.74 Å². The van der Waals surface area contributed by atoms with Gasteiger partial charge in [-0.1, -0.05) is 12.1 Å². The summed E-state index contributed by atoms with van der Waals surface area (Å²) in [5, 5.41) is 1.27. The summed E-state index contributed by atoms with van der Waals surface area (Å²) in [6, 6.07) is 16.6. The summed E-state index contributed by atoms with van der Waals surface area (Å²) in [6.45, 7) is 6.29. The summed E-state index contributed by atoms with van der Waals surface area (Å²) in [5.41, 5.74) is 3.41. The van der Waals surface area contributed by atoms with Crippen molar-refractivity contribution in [2.75, 3.05) is 55.7 Å². The van der Waals surface area contributed by atoms with E-state index >= 15 is 0 Å². The molecule has 2 aromatic carbocycles. The first-order valence-electron chi connectivity index (χ1n) is 10.8. The van der Waals surface area contributed by atoms with Crippen LogP contribution in [0.15, 0.2) is 54.7 Å². The third-order valence-electron chi connectivity index (χ3n) is 6.19. The number of anilines is 2. The molecular formula is C24H28N4O2. The number of fused-ring (bicyclic) bond motifs is 2. The van der Waals surface area contributed by atoms with Crippen LogP contribution in [0.5, 0.6) is 5.75 Å². The number of nitrogens with one attached hydrogen (secondary N) is 1. The number of benzene rings is 2. The molecule has 6 heteroatoms. The Labute approximate surface area is 177 Å². The van der Waals surface area contributed by atoms with Gasteiger partial charge in [-0.25, -0.2) is 0 Å². The van der Waals surface area contributed by atoms with Gasteiger partial charge in [-0.3, -0.25) is 9.69 Å². The van der Waals surface area contributed by atoms with Gasteiger partial charge in [-0.15, -0.1) is 0 Å². The van der Waals surface area contributed by atoms with Gasteiger partial charge in [0.2, 0.25) is 0 Å². The fourth-order valence-electron chi connectivity index (χ4n) is 4.47. The smallest absolute Gasteiger partial charge is 0.265 e. The van der Waals surface area contributed by atoms with Gasteiger partial charge in [0.15, 0.2) is 6.61 Å². The number of H-pyrrole nitrogens is 1. The lowest BCUT2D eigenvalue weighted by atomic mass is 10.2. The van der Waals surface area contributed by atoms with E-state index in [0.717, 1.165) is 63.5 Å². The number of carbonyl (C=O) groups excluding carboxylic acids is 1. The van der Waals surface area contributed by atoms with Crippen molar-refractivity contribution in [3.8, 4) is 5.75 Å². The molecule has 1 N–H and O–H groups in total. The Morgan fingerprint density at radius 2 is 1.77 bits per heavy atom. The number of ether oxygens (including phenoxy) is 1. The van der Waals surface area contributed by atoms with Gasteiger partial charge >= 0.3 is 0 Å². The molecule has 0 spiro atoms. The number of hydrogen-bond donors (Lipinski definition) is 1. The number of amides is 1. The van der Waals surface area contributed by atoms with Gasteiger partial charge < -0.3 is 19.5 Å². The fraction of sp³-hybridized carbons (Fsp3) is 0.375. The largest absolute Gasteiger partial charge is 0.482 e. The summed E-state index contributed by atoms with van der Waals surface area (Å²) >= 11 is 0. The minimum atomic E-state index is 0.0571. The number of aromatic nitrogens is 1. The molecule has 3 aromatic rings. The average Bonchev–Trinajstić information content (AvgIpc) is 3.26. The number of piperazine rings is 1. The highest BCUT2D eigenvalue weighted by Crippen LogP contribution is 2.31. The van der Waals surface area contributed by atoms with Crippen LogP contribution in [0.4, 0.5) is 11.4 Å². The van der Waals surface area contributed by atoms with Gasteiger partial charge in [0.1, 0.15) is 5.75 Å². The second-order valence-corrected chi connectivity index (χ2v) is 8.09. The number of hydrogen-bond acceptors (Lipinski definition) is 4. The molecular weight excluding hydrogens is 376 g/mol. The monoisotopic (exact) mass is 404 g/mol. The van der Waals surface area contributed by atoms with Crippen molar-refractivity contribution in [3.63, 3.8) is 0 Å². The molecule has 156 valence electrons. The van der Waals surface area contributed by atoms with Crippen molar-refractivity contribution >= 4 is 28.2 Å². The fourth-order valence-corrected chi connectivity index (χ4v) is 4.47. The molecule has 2 aliphatic heterocycles. The Hall–Kier alpha value is -2.99. The van der Waals surface area contributed by atoms with Crippen molar-refractivity contribution in [1.82, 2.24) is 9.88 Å². The van der Waals surface area contributed by atoms with Crippen LogP contribution in [0.1, 0.15) is 12.8 Å². The molecule has 1 amide bonds. The van der Waals surface area contributed by atoms with Crippen LogP contribution in [-0.2, 0) is 4.79 Å². The van der Waals surface area contributed by atoms with Gasteiger partial charge in [-0.2, -0.15) is 0 Å². The predicted molar refractivity (Wildman–Crippen MR) is 120 cm³/mol. The number of aromatic amines is 1. The maximum Gasteiger partial charge on any atom is 0.265 e. The van der Waals surface area contributed by atoms with Crippen molar-refractivity contribution in [3.05, 3.63) is 54.7 Å². The SMILES string of the molecule is O=C1COc2ccccc2N1CCCCN1CCN(c2ccc3[nH]ccc3c2)CC1. The first kappa shape index (κ1) is 19.0. The number of carbonyl (C=O) groups is 1. The standard InChI is InChI=1S/C24H28N4O2/c29-24-18-30-23-6-2-1-5-22(23)28(24)12-4-3-11-26-13-15-27(16-14-26)20-7-8-21-19(17-20)9-10-25-21/h1-2,5-10,17,25H,3-4,11-16,18H2. The van der Waals surface area contributed by atoms with E-state index in [1.807, 2.05) is 35.4 Å². The molecule has 0 atom stereocenters. The molecule has 0 unspecified atom stereocenters. The van der Waals surface area contributed by atoms with Gasteiger partial charge in [0, 0.05) is 55.5 Å². The Bertz CT molecular complexity index is 1020. The molecule has 30 heavy (non-hydrogen) atoms. The maximum atomic E-state index is 12.3. The Morgan fingerprint density at radius 3 is 2.67 bits per heavy atom. The van der Waals surface area contributed by atoms with Crippen molar-refractivity contribution in [2.24, 2.45) is 0 Å². The lowest BCUT2D eigenvalue weighted by Crippen LogP contribution is -2.46. The highest BCUT2D eigenvalue weighted by molar-refractivity contribution is 5.97. The number of rotatable bonds is 6. The van der Waals surface area contributed by atoms with E-state index < -0.39 is 0 Å². The van der Waals surface area contributed by atoms with Crippen LogP contribution in [0.2, 0.25) is 0 Å².